The lowest BCUT2D eigenvalue weighted by molar-refractivity contribution is -0.138. The standard InChI is InChI=1S/C16H13F6N/c17-15(18,19)12-5-1-3-10(7-12)8-14(23)11-4-2-6-13(9-11)16(20,21)22/h1-7,9,14H,8,23H2/t14-/m0/s1. The molecule has 0 radical (unpaired) electrons. The second kappa shape index (κ2) is 6.23. The van der Waals surface area contributed by atoms with E-state index in [9.17, 15) is 26.3 Å². The third-order valence-corrected chi connectivity index (χ3v) is 3.35. The van der Waals surface area contributed by atoms with Crippen molar-refractivity contribution in [3.63, 3.8) is 0 Å². The summed E-state index contributed by atoms with van der Waals surface area (Å²) in [6.07, 6.45) is -8.96. The topological polar surface area (TPSA) is 26.0 Å². The van der Waals surface area contributed by atoms with Gasteiger partial charge in [0, 0.05) is 6.04 Å². The van der Waals surface area contributed by atoms with Gasteiger partial charge < -0.3 is 5.73 Å². The van der Waals surface area contributed by atoms with Gasteiger partial charge in [-0.2, -0.15) is 26.3 Å². The quantitative estimate of drug-likeness (QED) is 0.789. The smallest absolute Gasteiger partial charge is 0.324 e. The van der Waals surface area contributed by atoms with E-state index in [1.165, 1.54) is 24.3 Å². The summed E-state index contributed by atoms with van der Waals surface area (Å²) >= 11 is 0. The zero-order chi connectivity index (χ0) is 17.3. The van der Waals surface area contributed by atoms with Crippen LogP contribution < -0.4 is 5.73 Å². The Labute approximate surface area is 128 Å². The molecule has 7 heteroatoms. The molecule has 0 saturated heterocycles. The fourth-order valence-corrected chi connectivity index (χ4v) is 2.19. The maximum Gasteiger partial charge on any atom is 0.416 e. The lowest BCUT2D eigenvalue weighted by atomic mass is 9.97. The SMILES string of the molecule is N[C@@H](Cc1cccc(C(F)(F)F)c1)c1cccc(C(F)(F)F)c1. The summed E-state index contributed by atoms with van der Waals surface area (Å²) in [6.45, 7) is 0. The van der Waals surface area contributed by atoms with E-state index in [2.05, 4.69) is 0 Å². The van der Waals surface area contributed by atoms with E-state index in [0.717, 1.165) is 24.3 Å². The van der Waals surface area contributed by atoms with Crippen molar-refractivity contribution in [1.29, 1.82) is 0 Å². The molecule has 0 amide bonds. The molecule has 0 spiro atoms. The normalized spacial score (nSPS) is 13.9. The van der Waals surface area contributed by atoms with Crippen LogP contribution in [-0.2, 0) is 18.8 Å². The molecular weight excluding hydrogens is 320 g/mol. The molecule has 2 N–H and O–H groups in total. The molecule has 2 aromatic carbocycles. The number of hydrogen-bond donors (Lipinski definition) is 1. The summed E-state index contributed by atoms with van der Waals surface area (Å²) in [5, 5.41) is 0. The van der Waals surface area contributed by atoms with Gasteiger partial charge in [-0.25, -0.2) is 0 Å². The predicted octanol–water partition coefficient (Wildman–Crippen LogP) is 4.97. The fourth-order valence-electron chi connectivity index (χ4n) is 2.19. The highest BCUT2D eigenvalue weighted by Gasteiger charge is 2.31. The highest BCUT2D eigenvalue weighted by molar-refractivity contribution is 5.31. The summed E-state index contributed by atoms with van der Waals surface area (Å²) in [4.78, 5) is 0. The Morgan fingerprint density at radius 3 is 1.87 bits per heavy atom. The summed E-state index contributed by atoms with van der Waals surface area (Å²) in [6, 6.07) is 8.24. The molecular formula is C16H13F6N. The van der Waals surface area contributed by atoms with Crippen LogP contribution in [0.3, 0.4) is 0 Å². The number of nitrogens with two attached hydrogens (primary N) is 1. The lowest BCUT2D eigenvalue weighted by Gasteiger charge is -2.15. The van der Waals surface area contributed by atoms with Gasteiger partial charge >= 0.3 is 12.4 Å². The van der Waals surface area contributed by atoms with Gasteiger partial charge in [-0.05, 0) is 35.7 Å². The highest BCUT2D eigenvalue weighted by Crippen LogP contribution is 2.32. The highest BCUT2D eigenvalue weighted by atomic mass is 19.4. The molecule has 0 unspecified atom stereocenters. The summed E-state index contributed by atoms with van der Waals surface area (Å²) < 4.78 is 76.0. The van der Waals surface area contributed by atoms with Crippen molar-refractivity contribution < 1.29 is 26.3 Å². The van der Waals surface area contributed by atoms with E-state index in [0.29, 0.717) is 5.56 Å². The van der Waals surface area contributed by atoms with Crippen molar-refractivity contribution in [2.75, 3.05) is 0 Å². The van der Waals surface area contributed by atoms with Gasteiger partial charge in [0.15, 0.2) is 0 Å². The first-order chi connectivity index (χ1) is 10.6. The molecule has 1 nitrogen and oxygen atoms in total. The van der Waals surface area contributed by atoms with Crippen LogP contribution in [0, 0.1) is 0 Å². The minimum absolute atomic E-state index is 0.00519. The first-order valence-electron chi connectivity index (χ1n) is 6.66. The summed E-state index contributed by atoms with van der Waals surface area (Å²) in [5.74, 6) is 0. The van der Waals surface area contributed by atoms with Crippen LogP contribution in [0.5, 0.6) is 0 Å². The number of hydrogen-bond acceptors (Lipinski definition) is 1. The molecule has 0 aliphatic rings. The molecule has 1 atom stereocenters. The van der Waals surface area contributed by atoms with E-state index in [1.807, 2.05) is 0 Å². The zero-order valence-electron chi connectivity index (χ0n) is 11.7. The van der Waals surface area contributed by atoms with E-state index in [-0.39, 0.29) is 12.0 Å². The van der Waals surface area contributed by atoms with Crippen molar-refractivity contribution in [1.82, 2.24) is 0 Å². The van der Waals surface area contributed by atoms with Crippen LogP contribution in [0.4, 0.5) is 26.3 Å². The zero-order valence-corrected chi connectivity index (χ0v) is 11.7. The average Bonchev–Trinajstić information content (AvgIpc) is 2.46. The Morgan fingerprint density at radius 2 is 1.30 bits per heavy atom. The third-order valence-electron chi connectivity index (χ3n) is 3.35. The van der Waals surface area contributed by atoms with Crippen molar-refractivity contribution in [3.05, 3.63) is 70.8 Å². The van der Waals surface area contributed by atoms with Crippen molar-refractivity contribution in [2.24, 2.45) is 5.73 Å². The molecule has 0 bridgehead atoms. The second-order valence-electron chi connectivity index (χ2n) is 5.13. The molecule has 2 rings (SSSR count). The molecule has 2 aromatic rings. The Balaban J connectivity index is 2.21. The van der Waals surface area contributed by atoms with Gasteiger partial charge in [0.2, 0.25) is 0 Å². The Hall–Kier alpha value is -2.02. The fraction of sp³-hybridized carbons (Fsp3) is 0.250. The van der Waals surface area contributed by atoms with Gasteiger partial charge in [0.1, 0.15) is 0 Å². The van der Waals surface area contributed by atoms with Crippen LogP contribution in [0.1, 0.15) is 28.3 Å². The number of rotatable bonds is 3. The van der Waals surface area contributed by atoms with Gasteiger partial charge in [-0.3, -0.25) is 0 Å². The van der Waals surface area contributed by atoms with E-state index in [1.54, 1.807) is 0 Å². The van der Waals surface area contributed by atoms with Crippen LogP contribution >= 0.6 is 0 Å². The molecule has 0 heterocycles. The van der Waals surface area contributed by atoms with E-state index >= 15 is 0 Å². The molecule has 0 aliphatic carbocycles. The van der Waals surface area contributed by atoms with E-state index < -0.39 is 29.5 Å². The van der Waals surface area contributed by atoms with Crippen LogP contribution in [-0.4, -0.2) is 0 Å². The Bertz CT molecular complexity index is 675. The minimum Gasteiger partial charge on any atom is -0.324 e. The lowest BCUT2D eigenvalue weighted by Crippen LogP contribution is -2.15. The molecule has 0 aliphatic heterocycles. The van der Waals surface area contributed by atoms with E-state index in [4.69, 9.17) is 5.73 Å². The third kappa shape index (κ3) is 4.48. The summed E-state index contributed by atoms with van der Waals surface area (Å²) in [7, 11) is 0. The summed E-state index contributed by atoms with van der Waals surface area (Å²) in [5.41, 5.74) is 4.73. The first kappa shape index (κ1) is 17.3. The first-order valence-corrected chi connectivity index (χ1v) is 6.66. The molecule has 0 saturated carbocycles. The number of benzene rings is 2. The van der Waals surface area contributed by atoms with Gasteiger partial charge in [-0.1, -0.05) is 30.3 Å². The molecule has 0 aromatic heterocycles. The predicted molar refractivity (Wildman–Crippen MR) is 73.5 cm³/mol. The maximum absolute atomic E-state index is 12.7. The van der Waals surface area contributed by atoms with Gasteiger partial charge in [0.05, 0.1) is 11.1 Å². The Morgan fingerprint density at radius 1 is 0.783 bits per heavy atom. The van der Waals surface area contributed by atoms with Gasteiger partial charge in [0.25, 0.3) is 0 Å². The minimum atomic E-state index is -4.49. The maximum atomic E-state index is 12.7. The van der Waals surface area contributed by atoms with Crippen molar-refractivity contribution in [2.45, 2.75) is 24.8 Å². The number of halogens is 6. The Kier molecular flexibility index (Phi) is 4.70. The van der Waals surface area contributed by atoms with Crippen molar-refractivity contribution in [3.8, 4) is 0 Å². The largest absolute Gasteiger partial charge is 0.416 e. The second-order valence-corrected chi connectivity index (χ2v) is 5.13. The van der Waals surface area contributed by atoms with Crippen LogP contribution in [0.15, 0.2) is 48.5 Å². The molecule has 124 valence electrons. The molecule has 23 heavy (non-hydrogen) atoms. The van der Waals surface area contributed by atoms with Gasteiger partial charge in [-0.15, -0.1) is 0 Å². The van der Waals surface area contributed by atoms with Crippen molar-refractivity contribution >= 4 is 0 Å². The monoisotopic (exact) mass is 333 g/mol. The number of alkyl halides is 6. The molecule has 0 fully saturated rings. The van der Waals surface area contributed by atoms with Crippen LogP contribution in [0.2, 0.25) is 0 Å². The van der Waals surface area contributed by atoms with Crippen LogP contribution in [0.25, 0.3) is 0 Å². The average molecular weight is 333 g/mol.